The van der Waals surface area contributed by atoms with Gasteiger partial charge in [-0.2, -0.15) is 0 Å². The molecular formula is C15H22Cl2O2Si. The number of hydrogen-bond donors (Lipinski definition) is 0. The lowest BCUT2D eigenvalue weighted by Gasteiger charge is -2.39. The van der Waals surface area contributed by atoms with Crippen molar-refractivity contribution in [3.8, 4) is 0 Å². The van der Waals surface area contributed by atoms with Gasteiger partial charge in [-0.25, -0.2) is 0 Å². The van der Waals surface area contributed by atoms with E-state index in [1.54, 1.807) is 12.1 Å². The Morgan fingerprint density at radius 2 is 1.75 bits per heavy atom. The van der Waals surface area contributed by atoms with Crippen LogP contribution >= 0.6 is 23.2 Å². The van der Waals surface area contributed by atoms with E-state index in [0.717, 1.165) is 5.56 Å². The molecule has 0 amide bonds. The van der Waals surface area contributed by atoms with E-state index in [2.05, 4.69) is 33.9 Å². The second kappa shape index (κ2) is 6.61. The SMILES string of the molecule is CC(C)(C)[Si](C)(C)O[C@@H](CC(=O)Cl)c1ccc(Cl)cc1. The Bertz CT molecular complexity index is 464. The van der Waals surface area contributed by atoms with Gasteiger partial charge in [0.05, 0.1) is 12.5 Å². The summed E-state index contributed by atoms with van der Waals surface area (Å²) in [6, 6.07) is 7.38. The zero-order valence-corrected chi connectivity index (χ0v) is 15.2. The molecule has 2 nitrogen and oxygen atoms in total. The second-order valence-electron chi connectivity index (χ2n) is 6.48. The Hall–Kier alpha value is -0.353. The van der Waals surface area contributed by atoms with Crippen molar-refractivity contribution in [3.63, 3.8) is 0 Å². The lowest BCUT2D eigenvalue weighted by molar-refractivity contribution is -0.113. The molecule has 1 rings (SSSR count). The molecule has 1 aromatic rings. The fourth-order valence-electron chi connectivity index (χ4n) is 1.58. The molecular weight excluding hydrogens is 311 g/mol. The van der Waals surface area contributed by atoms with Gasteiger partial charge in [-0.3, -0.25) is 4.79 Å². The summed E-state index contributed by atoms with van der Waals surface area (Å²) in [7, 11) is -1.98. The molecule has 1 atom stereocenters. The first-order chi connectivity index (χ1) is 9.03. The smallest absolute Gasteiger partial charge is 0.224 e. The van der Waals surface area contributed by atoms with Gasteiger partial charge in [-0.1, -0.05) is 44.5 Å². The maximum atomic E-state index is 11.3. The number of benzene rings is 1. The van der Waals surface area contributed by atoms with Gasteiger partial charge < -0.3 is 4.43 Å². The molecule has 0 bridgehead atoms. The summed E-state index contributed by atoms with van der Waals surface area (Å²) in [4.78, 5) is 11.3. The van der Waals surface area contributed by atoms with Crippen molar-refractivity contribution in [2.75, 3.05) is 0 Å². The number of carbonyl (C=O) groups is 1. The third kappa shape index (κ3) is 4.88. The van der Waals surface area contributed by atoms with E-state index in [0.29, 0.717) is 5.02 Å². The zero-order valence-electron chi connectivity index (χ0n) is 12.7. The third-order valence-corrected chi connectivity index (χ3v) is 8.72. The Balaban J connectivity index is 3.02. The highest BCUT2D eigenvalue weighted by molar-refractivity contribution is 6.74. The van der Waals surface area contributed by atoms with Gasteiger partial charge in [0.25, 0.3) is 0 Å². The van der Waals surface area contributed by atoms with Crippen LogP contribution in [0.1, 0.15) is 38.9 Å². The normalized spacial score (nSPS) is 14.2. The van der Waals surface area contributed by atoms with Gasteiger partial charge in [0.1, 0.15) is 0 Å². The predicted molar refractivity (Wildman–Crippen MR) is 88.0 cm³/mol. The first-order valence-electron chi connectivity index (χ1n) is 6.64. The molecule has 1 aromatic carbocycles. The van der Waals surface area contributed by atoms with Crippen LogP contribution in [0.2, 0.25) is 23.2 Å². The van der Waals surface area contributed by atoms with Crippen LogP contribution in [0, 0.1) is 0 Å². The van der Waals surface area contributed by atoms with Crippen molar-refractivity contribution in [3.05, 3.63) is 34.9 Å². The average molecular weight is 333 g/mol. The fourth-order valence-corrected chi connectivity index (χ4v) is 3.13. The van der Waals surface area contributed by atoms with Gasteiger partial charge in [0.2, 0.25) is 5.24 Å². The highest BCUT2D eigenvalue weighted by Gasteiger charge is 2.39. The number of hydrogen-bond acceptors (Lipinski definition) is 2. The fraction of sp³-hybridized carbons (Fsp3) is 0.533. The minimum absolute atomic E-state index is 0.0764. The van der Waals surface area contributed by atoms with Crippen LogP contribution in [-0.2, 0) is 9.22 Å². The quantitative estimate of drug-likeness (QED) is 0.521. The van der Waals surface area contributed by atoms with Gasteiger partial charge in [-0.15, -0.1) is 0 Å². The van der Waals surface area contributed by atoms with Crippen molar-refractivity contribution >= 4 is 36.8 Å². The third-order valence-electron chi connectivity index (χ3n) is 3.83. The molecule has 0 saturated heterocycles. The van der Waals surface area contributed by atoms with E-state index in [-0.39, 0.29) is 22.8 Å². The molecule has 5 heteroatoms. The molecule has 0 aliphatic carbocycles. The Kier molecular flexibility index (Phi) is 5.85. The van der Waals surface area contributed by atoms with E-state index in [4.69, 9.17) is 27.6 Å². The minimum Gasteiger partial charge on any atom is -0.409 e. The largest absolute Gasteiger partial charge is 0.409 e. The molecule has 0 N–H and O–H groups in total. The maximum absolute atomic E-state index is 11.3. The first-order valence-corrected chi connectivity index (χ1v) is 10.3. The van der Waals surface area contributed by atoms with Crippen molar-refractivity contribution in [2.24, 2.45) is 0 Å². The Morgan fingerprint density at radius 1 is 1.25 bits per heavy atom. The van der Waals surface area contributed by atoms with Crippen molar-refractivity contribution in [1.82, 2.24) is 0 Å². The standard InChI is InChI=1S/C15H22Cl2O2Si/c1-15(2,3)20(4,5)19-13(10-14(17)18)11-6-8-12(16)9-7-11/h6-9,13H,10H2,1-5H3/t13-/m0/s1. The minimum atomic E-state index is -1.98. The topological polar surface area (TPSA) is 26.3 Å². The lowest BCUT2D eigenvalue weighted by Crippen LogP contribution is -2.42. The van der Waals surface area contributed by atoms with Crippen LogP contribution in [0.15, 0.2) is 24.3 Å². The van der Waals surface area contributed by atoms with E-state index in [9.17, 15) is 4.79 Å². The molecule has 0 spiro atoms. The summed E-state index contributed by atoms with van der Waals surface area (Å²) in [6.45, 7) is 10.8. The highest BCUT2D eigenvalue weighted by Crippen LogP contribution is 2.40. The number of rotatable bonds is 5. The lowest BCUT2D eigenvalue weighted by atomic mass is 10.1. The van der Waals surface area contributed by atoms with E-state index in [1.807, 2.05) is 12.1 Å². The van der Waals surface area contributed by atoms with Crippen LogP contribution < -0.4 is 0 Å². The van der Waals surface area contributed by atoms with E-state index in [1.165, 1.54) is 0 Å². The van der Waals surface area contributed by atoms with Crippen molar-refractivity contribution < 1.29 is 9.22 Å². The summed E-state index contributed by atoms with van der Waals surface area (Å²) in [5.74, 6) is 0. The van der Waals surface area contributed by atoms with Crippen LogP contribution in [0.5, 0.6) is 0 Å². The molecule has 0 radical (unpaired) electrons. The van der Waals surface area contributed by atoms with Gasteiger partial charge >= 0.3 is 0 Å². The van der Waals surface area contributed by atoms with Crippen LogP contribution in [-0.4, -0.2) is 13.6 Å². The second-order valence-corrected chi connectivity index (χ2v) is 12.1. The number of carbonyl (C=O) groups excluding carboxylic acids is 1. The molecule has 0 aromatic heterocycles. The van der Waals surface area contributed by atoms with Crippen molar-refractivity contribution in [1.29, 1.82) is 0 Å². The highest BCUT2D eigenvalue weighted by atomic mass is 35.5. The maximum Gasteiger partial charge on any atom is 0.224 e. The molecule has 0 unspecified atom stereocenters. The summed E-state index contributed by atoms with van der Waals surface area (Å²) < 4.78 is 6.33. The predicted octanol–water partition coefficient (Wildman–Crippen LogP) is 5.56. The Morgan fingerprint density at radius 3 is 2.15 bits per heavy atom. The summed E-state index contributed by atoms with van der Waals surface area (Å²) in [5.41, 5.74) is 0.938. The summed E-state index contributed by atoms with van der Waals surface area (Å²) in [5, 5.41) is 0.355. The van der Waals surface area contributed by atoms with E-state index >= 15 is 0 Å². The molecule has 0 aliphatic rings. The molecule has 20 heavy (non-hydrogen) atoms. The van der Waals surface area contributed by atoms with E-state index < -0.39 is 8.32 Å². The number of halogens is 2. The van der Waals surface area contributed by atoms with Crippen LogP contribution in [0.4, 0.5) is 0 Å². The average Bonchev–Trinajstić information content (AvgIpc) is 2.26. The summed E-state index contributed by atoms with van der Waals surface area (Å²) in [6.07, 6.45) is -0.131. The zero-order chi connectivity index (χ0) is 15.6. The monoisotopic (exact) mass is 332 g/mol. The van der Waals surface area contributed by atoms with Crippen molar-refractivity contribution in [2.45, 2.75) is 51.4 Å². The molecule has 0 aliphatic heterocycles. The van der Waals surface area contributed by atoms with Gasteiger partial charge in [0.15, 0.2) is 8.32 Å². The van der Waals surface area contributed by atoms with Gasteiger partial charge in [0, 0.05) is 5.02 Å². The first kappa shape index (κ1) is 17.7. The van der Waals surface area contributed by atoms with Gasteiger partial charge in [-0.05, 0) is 47.4 Å². The molecule has 0 fully saturated rings. The molecule has 0 saturated carbocycles. The molecule has 112 valence electrons. The molecule has 0 heterocycles. The summed E-state index contributed by atoms with van der Waals surface area (Å²) >= 11 is 11.5. The Labute approximate surface area is 132 Å². The van der Waals surface area contributed by atoms with Crippen LogP contribution in [0.25, 0.3) is 0 Å². The van der Waals surface area contributed by atoms with Crippen LogP contribution in [0.3, 0.4) is 0 Å².